The summed E-state index contributed by atoms with van der Waals surface area (Å²) in [5.41, 5.74) is 1.20. The Morgan fingerprint density at radius 3 is 2.94 bits per heavy atom. The van der Waals surface area contributed by atoms with Crippen molar-refractivity contribution in [3.8, 4) is 11.5 Å². The van der Waals surface area contributed by atoms with Gasteiger partial charge in [0.25, 0.3) is 0 Å². The van der Waals surface area contributed by atoms with Crippen LogP contribution in [0.2, 0.25) is 0 Å². The van der Waals surface area contributed by atoms with E-state index in [0.717, 1.165) is 0 Å². The molecular formula is C12H10N2O3S. The predicted octanol–water partition coefficient (Wildman–Crippen LogP) is 1.86. The lowest BCUT2D eigenvalue weighted by Gasteiger charge is -2.07. The second kappa shape index (κ2) is 3.78. The predicted molar refractivity (Wildman–Crippen MR) is 64.2 cm³/mol. The molecule has 0 aromatic carbocycles. The Bertz CT molecular complexity index is 726. The summed E-state index contributed by atoms with van der Waals surface area (Å²) in [6.45, 7) is 1.75. The molecule has 0 saturated heterocycles. The smallest absolute Gasteiger partial charge is 0.186 e. The summed E-state index contributed by atoms with van der Waals surface area (Å²) in [7, 11) is -3.42. The standard InChI is InChI=1S/C12H10N2O3S/c1-8-4-12-11(6-14-8)17-10-2-3-13-5-9(10)7-18(12,15)16/h2-6H,7H2,1H3. The van der Waals surface area contributed by atoms with E-state index in [9.17, 15) is 8.42 Å². The number of hydrogen-bond acceptors (Lipinski definition) is 5. The molecular weight excluding hydrogens is 252 g/mol. The average molecular weight is 262 g/mol. The minimum atomic E-state index is -3.42. The highest BCUT2D eigenvalue weighted by molar-refractivity contribution is 7.90. The first kappa shape index (κ1) is 11.2. The van der Waals surface area contributed by atoms with E-state index in [1.165, 1.54) is 18.5 Å². The molecule has 0 radical (unpaired) electrons. The number of fused-ring (bicyclic) bond motifs is 2. The van der Waals surface area contributed by atoms with Crippen molar-refractivity contribution in [3.05, 3.63) is 42.0 Å². The molecule has 2 aromatic heterocycles. The number of hydrogen-bond donors (Lipinski definition) is 0. The third-order valence-corrected chi connectivity index (χ3v) is 4.41. The van der Waals surface area contributed by atoms with Crippen LogP contribution in [-0.4, -0.2) is 18.4 Å². The molecule has 3 rings (SSSR count). The van der Waals surface area contributed by atoms with Gasteiger partial charge in [0.1, 0.15) is 10.6 Å². The lowest BCUT2D eigenvalue weighted by Crippen LogP contribution is -2.04. The van der Waals surface area contributed by atoms with Gasteiger partial charge >= 0.3 is 0 Å². The molecule has 0 amide bonds. The van der Waals surface area contributed by atoms with E-state index < -0.39 is 9.84 Å². The number of pyridine rings is 2. The van der Waals surface area contributed by atoms with Gasteiger partial charge in [-0.1, -0.05) is 0 Å². The number of sulfone groups is 1. The van der Waals surface area contributed by atoms with Crippen LogP contribution in [0.4, 0.5) is 0 Å². The largest absolute Gasteiger partial charge is 0.454 e. The van der Waals surface area contributed by atoms with Crippen LogP contribution in [0.3, 0.4) is 0 Å². The van der Waals surface area contributed by atoms with E-state index in [4.69, 9.17) is 4.74 Å². The average Bonchev–Trinajstić information content (AvgIpc) is 2.43. The van der Waals surface area contributed by atoms with Crippen LogP contribution in [0, 0.1) is 6.92 Å². The number of nitrogens with zero attached hydrogens (tertiary/aromatic N) is 2. The molecule has 0 spiro atoms. The summed E-state index contributed by atoms with van der Waals surface area (Å²) in [5.74, 6) is 0.677. The molecule has 1 aliphatic heterocycles. The summed E-state index contributed by atoms with van der Waals surface area (Å²) in [6, 6.07) is 3.18. The molecule has 5 nitrogen and oxygen atoms in total. The lowest BCUT2D eigenvalue weighted by atomic mass is 10.3. The van der Waals surface area contributed by atoms with Crippen molar-refractivity contribution in [3.63, 3.8) is 0 Å². The van der Waals surface area contributed by atoms with Gasteiger partial charge in [-0.05, 0) is 19.1 Å². The van der Waals surface area contributed by atoms with Gasteiger partial charge in [-0.2, -0.15) is 0 Å². The molecule has 0 saturated carbocycles. The number of aromatic nitrogens is 2. The van der Waals surface area contributed by atoms with E-state index >= 15 is 0 Å². The Morgan fingerprint density at radius 1 is 1.28 bits per heavy atom. The fourth-order valence-corrected chi connectivity index (χ4v) is 3.40. The van der Waals surface area contributed by atoms with Crippen LogP contribution in [0.1, 0.15) is 11.3 Å². The Kier molecular flexibility index (Phi) is 2.34. The summed E-state index contributed by atoms with van der Waals surface area (Å²) < 4.78 is 30.2. The SMILES string of the molecule is Cc1cc2c(cn1)Oc1ccncc1CS2(=O)=O. The van der Waals surface area contributed by atoms with Crippen molar-refractivity contribution in [1.82, 2.24) is 9.97 Å². The van der Waals surface area contributed by atoms with Gasteiger partial charge in [-0.3, -0.25) is 9.97 Å². The Balaban J connectivity index is 2.28. The van der Waals surface area contributed by atoms with Gasteiger partial charge in [-0.25, -0.2) is 8.42 Å². The van der Waals surface area contributed by atoms with Gasteiger partial charge in [0.05, 0.1) is 11.9 Å². The van der Waals surface area contributed by atoms with Crippen molar-refractivity contribution in [1.29, 1.82) is 0 Å². The molecule has 0 atom stereocenters. The number of aryl methyl sites for hydroxylation is 1. The summed E-state index contributed by atoms with van der Waals surface area (Å²) in [5, 5.41) is 0. The minimum absolute atomic E-state index is 0.105. The van der Waals surface area contributed by atoms with Crippen molar-refractivity contribution in [2.45, 2.75) is 17.6 Å². The van der Waals surface area contributed by atoms with Crippen molar-refractivity contribution < 1.29 is 13.2 Å². The molecule has 0 unspecified atom stereocenters. The highest BCUT2D eigenvalue weighted by Crippen LogP contribution is 2.36. The molecule has 18 heavy (non-hydrogen) atoms. The zero-order valence-corrected chi connectivity index (χ0v) is 10.4. The fourth-order valence-electron chi connectivity index (χ4n) is 1.87. The third-order valence-electron chi connectivity index (χ3n) is 2.73. The van der Waals surface area contributed by atoms with Crippen LogP contribution in [-0.2, 0) is 15.6 Å². The summed E-state index contributed by atoms with van der Waals surface area (Å²) in [6.07, 6.45) is 4.52. The van der Waals surface area contributed by atoms with Crippen molar-refractivity contribution in [2.24, 2.45) is 0 Å². The summed E-state index contributed by atoms with van der Waals surface area (Å²) >= 11 is 0. The third kappa shape index (κ3) is 1.74. The second-order valence-corrected chi connectivity index (χ2v) is 6.07. The first-order valence-electron chi connectivity index (χ1n) is 5.36. The van der Waals surface area contributed by atoms with E-state index in [0.29, 0.717) is 17.0 Å². The van der Waals surface area contributed by atoms with Gasteiger partial charge in [0, 0.05) is 23.7 Å². The zero-order valence-electron chi connectivity index (χ0n) is 9.62. The zero-order chi connectivity index (χ0) is 12.8. The normalized spacial score (nSPS) is 16.1. The van der Waals surface area contributed by atoms with Gasteiger partial charge in [0.2, 0.25) is 0 Å². The molecule has 2 aromatic rings. The fraction of sp³-hybridized carbons (Fsp3) is 0.167. The van der Waals surface area contributed by atoms with Crippen molar-refractivity contribution >= 4 is 9.84 Å². The number of ether oxygens (including phenoxy) is 1. The van der Waals surface area contributed by atoms with Crippen LogP contribution in [0.15, 0.2) is 35.6 Å². The van der Waals surface area contributed by atoms with Gasteiger partial charge in [0.15, 0.2) is 15.6 Å². The van der Waals surface area contributed by atoms with Crippen molar-refractivity contribution in [2.75, 3.05) is 0 Å². The van der Waals surface area contributed by atoms with Crippen LogP contribution >= 0.6 is 0 Å². The molecule has 0 fully saturated rings. The van der Waals surface area contributed by atoms with Gasteiger partial charge < -0.3 is 4.74 Å². The Morgan fingerprint density at radius 2 is 2.11 bits per heavy atom. The molecule has 1 aliphatic rings. The molecule has 0 aliphatic carbocycles. The molecule has 0 N–H and O–H groups in total. The van der Waals surface area contributed by atoms with E-state index in [1.807, 2.05) is 0 Å². The van der Waals surface area contributed by atoms with E-state index in [2.05, 4.69) is 9.97 Å². The highest BCUT2D eigenvalue weighted by atomic mass is 32.2. The highest BCUT2D eigenvalue weighted by Gasteiger charge is 2.27. The maximum atomic E-state index is 12.3. The van der Waals surface area contributed by atoms with Gasteiger partial charge in [-0.15, -0.1) is 0 Å². The first-order valence-corrected chi connectivity index (χ1v) is 7.02. The topological polar surface area (TPSA) is 69.2 Å². The molecule has 6 heteroatoms. The quantitative estimate of drug-likeness (QED) is 0.725. The Hall–Kier alpha value is -1.95. The first-order chi connectivity index (χ1) is 8.56. The Labute approximate surface area is 104 Å². The second-order valence-electron chi connectivity index (χ2n) is 4.12. The van der Waals surface area contributed by atoms with Crippen LogP contribution < -0.4 is 4.74 Å². The lowest BCUT2D eigenvalue weighted by molar-refractivity contribution is 0.464. The minimum Gasteiger partial charge on any atom is -0.454 e. The maximum absolute atomic E-state index is 12.3. The van der Waals surface area contributed by atoms with E-state index in [-0.39, 0.29) is 16.4 Å². The maximum Gasteiger partial charge on any atom is 0.186 e. The monoisotopic (exact) mass is 262 g/mol. The van der Waals surface area contributed by atoms with Crippen LogP contribution in [0.5, 0.6) is 11.5 Å². The number of rotatable bonds is 0. The molecule has 3 heterocycles. The molecule has 92 valence electrons. The van der Waals surface area contributed by atoms with E-state index in [1.54, 1.807) is 19.2 Å². The summed E-state index contributed by atoms with van der Waals surface area (Å²) in [4.78, 5) is 8.18. The molecule has 0 bridgehead atoms. The van der Waals surface area contributed by atoms with Crippen LogP contribution in [0.25, 0.3) is 0 Å².